The van der Waals surface area contributed by atoms with Crippen LogP contribution in [0, 0.1) is 5.82 Å². The Morgan fingerprint density at radius 1 is 1.45 bits per heavy atom. The van der Waals surface area contributed by atoms with Gasteiger partial charge in [-0.25, -0.2) is 4.39 Å². The first-order chi connectivity index (χ1) is 10.1. The molecule has 1 amide bonds. The summed E-state index contributed by atoms with van der Waals surface area (Å²) in [4.78, 5) is 12.3. The van der Waals surface area contributed by atoms with Crippen molar-refractivity contribution in [2.45, 2.75) is 24.9 Å². The lowest BCUT2D eigenvalue weighted by Crippen LogP contribution is -2.54. The summed E-state index contributed by atoms with van der Waals surface area (Å²) < 4.78 is 19.1. The smallest absolute Gasteiger partial charge is 0.252 e. The lowest BCUT2D eigenvalue weighted by molar-refractivity contribution is -0.146. The molecule has 0 atom stereocenters. The first kappa shape index (κ1) is 19.4. The summed E-state index contributed by atoms with van der Waals surface area (Å²) in [6, 6.07) is 4.88. The number of methoxy groups -OCH3 is 1. The zero-order valence-electron chi connectivity index (χ0n) is 12.5. The van der Waals surface area contributed by atoms with Crippen molar-refractivity contribution >= 4 is 34.2 Å². The zero-order chi connectivity index (χ0) is 15.3. The Labute approximate surface area is 144 Å². The Morgan fingerprint density at radius 2 is 2.14 bits per heavy atom. The molecule has 1 fully saturated rings. The van der Waals surface area contributed by atoms with Crippen LogP contribution in [0.2, 0.25) is 0 Å². The van der Waals surface area contributed by atoms with Crippen LogP contribution in [-0.4, -0.2) is 38.3 Å². The number of nitrogens with one attached hydrogen (secondary N) is 2. The number of benzene rings is 1. The van der Waals surface area contributed by atoms with Gasteiger partial charge in [0, 0.05) is 13.7 Å². The molecule has 0 radical (unpaired) electrons. The predicted octanol–water partition coefficient (Wildman–Crippen LogP) is 2.44. The van der Waals surface area contributed by atoms with Gasteiger partial charge in [0.25, 0.3) is 5.91 Å². The highest BCUT2D eigenvalue weighted by Crippen LogP contribution is 2.22. The number of halogens is 3. The summed E-state index contributed by atoms with van der Waals surface area (Å²) in [5.41, 5.74) is 0.259. The summed E-state index contributed by atoms with van der Waals surface area (Å²) in [5, 5.41) is 6.15. The Morgan fingerprint density at radius 3 is 2.73 bits per heavy atom. The summed E-state index contributed by atoms with van der Waals surface area (Å²) in [5.74, 6) is -0.344. The molecule has 0 unspecified atom stereocenters. The quantitative estimate of drug-likeness (QED) is 0.805. The van der Waals surface area contributed by atoms with Crippen molar-refractivity contribution in [3.63, 3.8) is 0 Å². The Kier molecular flexibility index (Phi) is 7.76. The fourth-order valence-electron chi connectivity index (χ4n) is 2.53. The Hall–Kier alpha value is -0.690. The van der Waals surface area contributed by atoms with Gasteiger partial charge in [0.1, 0.15) is 11.4 Å². The van der Waals surface area contributed by atoms with E-state index >= 15 is 0 Å². The highest BCUT2D eigenvalue weighted by atomic mass is 79.9. The van der Waals surface area contributed by atoms with Crippen LogP contribution in [0.15, 0.2) is 22.7 Å². The van der Waals surface area contributed by atoms with Gasteiger partial charge in [-0.05, 0) is 66.0 Å². The second-order valence-electron chi connectivity index (χ2n) is 5.20. The van der Waals surface area contributed by atoms with E-state index in [9.17, 15) is 9.18 Å². The van der Waals surface area contributed by atoms with Crippen LogP contribution < -0.4 is 10.6 Å². The second kappa shape index (κ2) is 8.82. The Bertz CT molecular complexity index is 510. The minimum Gasteiger partial charge on any atom is -0.368 e. The van der Waals surface area contributed by atoms with E-state index < -0.39 is 5.60 Å². The molecule has 1 aliphatic heterocycles. The number of hydrogen-bond acceptors (Lipinski definition) is 3. The molecule has 0 bridgehead atoms. The van der Waals surface area contributed by atoms with Crippen molar-refractivity contribution in [2.75, 3.05) is 26.7 Å². The summed E-state index contributed by atoms with van der Waals surface area (Å²) in [6.07, 6.45) is 2.01. The molecule has 124 valence electrons. The maximum Gasteiger partial charge on any atom is 0.252 e. The summed E-state index contributed by atoms with van der Waals surface area (Å²) in [6.45, 7) is 2.08. The number of carbonyl (C=O) groups excluding carboxylic acids is 1. The van der Waals surface area contributed by atoms with Crippen LogP contribution in [0.3, 0.4) is 0 Å². The van der Waals surface area contributed by atoms with E-state index in [1.165, 1.54) is 6.07 Å². The average Bonchev–Trinajstić information content (AvgIpc) is 2.51. The van der Waals surface area contributed by atoms with Gasteiger partial charge in [0.2, 0.25) is 0 Å². The topological polar surface area (TPSA) is 50.4 Å². The van der Waals surface area contributed by atoms with Crippen LogP contribution in [0.4, 0.5) is 4.39 Å². The number of hydrogen-bond donors (Lipinski definition) is 2. The molecule has 1 aromatic carbocycles. The summed E-state index contributed by atoms with van der Waals surface area (Å²) in [7, 11) is 1.59. The van der Waals surface area contributed by atoms with Crippen molar-refractivity contribution in [1.29, 1.82) is 0 Å². The molecule has 4 nitrogen and oxygen atoms in total. The first-order valence-corrected chi connectivity index (χ1v) is 7.85. The SMILES string of the molecule is COC1(C(=O)NCCc2ccc(F)c(Br)c2)CCNCC1.Cl. The molecule has 2 rings (SSSR count). The third-order valence-electron chi connectivity index (χ3n) is 3.90. The van der Waals surface area contributed by atoms with Crippen LogP contribution >= 0.6 is 28.3 Å². The summed E-state index contributed by atoms with van der Waals surface area (Å²) >= 11 is 3.16. The van der Waals surface area contributed by atoms with Crippen molar-refractivity contribution in [1.82, 2.24) is 10.6 Å². The fourth-order valence-corrected chi connectivity index (χ4v) is 2.96. The van der Waals surface area contributed by atoms with Gasteiger partial charge in [-0.15, -0.1) is 12.4 Å². The Balaban J connectivity index is 0.00000242. The normalized spacial score (nSPS) is 16.7. The van der Waals surface area contributed by atoms with E-state index in [-0.39, 0.29) is 24.1 Å². The minimum absolute atomic E-state index is 0. The maximum atomic E-state index is 13.1. The molecule has 0 aliphatic carbocycles. The van der Waals surface area contributed by atoms with Gasteiger partial charge in [0.05, 0.1) is 4.47 Å². The molecule has 1 heterocycles. The molecule has 1 aromatic rings. The zero-order valence-corrected chi connectivity index (χ0v) is 14.9. The van der Waals surface area contributed by atoms with Gasteiger partial charge >= 0.3 is 0 Å². The lowest BCUT2D eigenvalue weighted by Gasteiger charge is -2.34. The average molecular weight is 396 g/mol. The van der Waals surface area contributed by atoms with Crippen LogP contribution in [0.1, 0.15) is 18.4 Å². The van der Waals surface area contributed by atoms with Crippen molar-refractivity contribution in [3.8, 4) is 0 Å². The van der Waals surface area contributed by atoms with E-state index in [0.29, 0.717) is 30.3 Å². The maximum absolute atomic E-state index is 13.1. The van der Waals surface area contributed by atoms with Crippen LogP contribution in [-0.2, 0) is 16.0 Å². The number of carbonyl (C=O) groups is 1. The molecule has 0 aromatic heterocycles. The molecule has 7 heteroatoms. The monoisotopic (exact) mass is 394 g/mol. The fraction of sp³-hybridized carbons (Fsp3) is 0.533. The minimum atomic E-state index is -0.714. The highest BCUT2D eigenvalue weighted by molar-refractivity contribution is 9.10. The first-order valence-electron chi connectivity index (χ1n) is 7.05. The van der Waals surface area contributed by atoms with Crippen LogP contribution in [0.5, 0.6) is 0 Å². The van der Waals surface area contributed by atoms with E-state index in [2.05, 4.69) is 26.6 Å². The van der Waals surface area contributed by atoms with Gasteiger partial charge in [-0.2, -0.15) is 0 Å². The molecule has 1 aliphatic rings. The third kappa shape index (κ3) is 4.65. The van der Waals surface area contributed by atoms with Gasteiger partial charge in [0.15, 0.2) is 0 Å². The largest absolute Gasteiger partial charge is 0.368 e. The molecular weight excluding hydrogens is 375 g/mol. The van der Waals surface area contributed by atoms with E-state index in [1.807, 2.05) is 0 Å². The van der Waals surface area contributed by atoms with Crippen molar-refractivity contribution < 1.29 is 13.9 Å². The second-order valence-corrected chi connectivity index (χ2v) is 6.06. The molecule has 1 saturated heterocycles. The van der Waals surface area contributed by atoms with Crippen molar-refractivity contribution in [2.24, 2.45) is 0 Å². The lowest BCUT2D eigenvalue weighted by atomic mass is 9.91. The van der Waals surface area contributed by atoms with Gasteiger partial charge in [-0.3, -0.25) is 4.79 Å². The number of ether oxygens (including phenoxy) is 1. The highest BCUT2D eigenvalue weighted by Gasteiger charge is 2.39. The molecule has 0 saturated carbocycles. The van der Waals surface area contributed by atoms with E-state index in [0.717, 1.165) is 18.7 Å². The van der Waals surface area contributed by atoms with Gasteiger partial charge in [-0.1, -0.05) is 6.07 Å². The van der Waals surface area contributed by atoms with Gasteiger partial charge < -0.3 is 15.4 Å². The number of amides is 1. The van der Waals surface area contributed by atoms with Crippen LogP contribution in [0.25, 0.3) is 0 Å². The molecule has 2 N–H and O–H groups in total. The van der Waals surface area contributed by atoms with Crippen molar-refractivity contribution in [3.05, 3.63) is 34.1 Å². The third-order valence-corrected chi connectivity index (χ3v) is 4.51. The molecule has 0 spiro atoms. The molecule has 22 heavy (non-hydrogen) atoms. The number of piperidine rings is 1. The number of rotatable bonds is 5. The standard InChI is InChI=1S/C15H20BrFN2O2.ClH/c1-21-15(5-8-18-9-6-15)14(20)19-7-4-11-2-3-13(17)12(16)10-11;/h2-3,10,18H,4-9H2,1H3,(H,19,20);1H. The van der Waals surface area contributed by atoms with E-state index in [4.69, 9.17) is 4.74 Å². The molecular formula is C15H21BrClFN2O2. The predicted molar refractivity (Wildman–Crippen MR) is 89.9 cm³/mol. The van der Waals surface area contributed by atoms with E-state index in [1.54, 1.807) is 19.2 Å².